The zero-order chi connectivity index (χ0) is 37.2. The first-order valence-electron chi connectivity index (χ1n) is 20.1. The van der Waals surface area contributed by atoms with E-state index in [-0.39, 0.29) is 0 Å². The minimum absolute atomic E-state index is 0.302. The molecule has 4 heterocycles. The van der Waals surface area contributed by atoms with Crippen LogP contribution in [0.2, 0.25) is 5.02 Å². The third-order valence-corrected chi connectivity index (χ3v) is 15.7. The monoisotopic (exact) mass is 766 g/mol. The molecule has 0 radical (unpaired) electrons. The van der Waals surface area contributed by atoms with Crippen molar-refractivity contribution >= 4 is 33.2 Å². The predicted molar refractivity (Wildman–Crippen MR) is 212 cm³/mol. The molecule has 0 unspecified atom stereocenters. The van der Waals surface area contributed by atoms with Crippen LogP contribution in [0, 0.1) is 11.8 Å². The molecule has 53 heavy (non-hydrogen) atoms. The lowest BCUT2D eigenvalue weighted by Crippen LogP contribution is -2.61. The van der Waals surface area contributed by atoms with Crippen molar-refractivity contribution in [3.05, 3.63) is 70.3 Å². The molecule has 4 aliphatic heterocycles. The molecule has 7 rings (SSSR count). The Kier molecular flexibility index (Phi) is 12.1. The maximum atomic E-state index is 14.0. The number of nitrogens with zero attached hydrogens (tertiary/aromatic N) is 4. The topological polar surface area (TPSA) is 82.6 Å². The SMILES string of the molecule is CC[C@@H]1CC/C=C/[C@@](CN2CCN3CCCC[C@@H]3C2)(OC)[C@@H]2CC[C@H]2CN2CCCCc3cc(Cl)ccc3COc3ccc(cc32)C(=O)N(C)S1(=O)=O. The second-order valence-electron chi connectivity index (χ2n) is 16.1. The highest BCUT2D eigenvalue weighted by atomic mass is 35.5. The van der Waals surface area contributed by atoms with Crippen LogP contribution in [-0.4, -0.2) is 105 Å². The van der Waals surface area contributed by atoms with E-state index < -0.39 is 26.8 Å². The van der Waals surface area contributed by atoms with Crippen LogP contribution in [-0.2, 0) is 27.8 Å². The minimum Gasteiger partial charge on any atom is -0.487 e. The Morgan fingerprint density at radius 1 is 0.943 bits per heavy atom. The quantitative estimate of drug-likeness (QED) is 0.303. The molecule has 2 bridgehead atoms. The number of hydrogen-bond acceptors (Lipinski definition) is 8. The van der Waals surface area contributed by atoms with Gasteiger partial charge in [0.15, 0.2) is 0 Å². The van der Waals surface area contributed by atoms with E-state index in [2.05, 4.69) is 32.9 Å². The first-order valence-corrected chi connectivity index (χ1v) is 22.0. The lowest BCUT2D eigenvalue weighted by Gasteiger charge is -2.53. The second-order valence-corrected chi connectivity index (χ2v) is 18.8. The van der Waals surface area contributed by atoms with Gasteiger partial charge < -0.3 is 14.4 Å². The number of hydrogen-bond donors (Lipinski definition) is 0. The van der Waals surface area contributed by atoms with Crippen molar-refractivity contribution in [2.24, 2.45) is 11.8 Å². The van der Waals surface area contributed by atoms with Crippen molar-refractivity contribution in [1.29, 1.82) is 0 Å². The summed E-state index contributed by atoms with van der Waals surface area (Å²) in [6.07, 6.45) is 14.9. The summed E-state index contributed by atoms with van der Waals surface area (Å²) in [5.74, 6) is 0.863. The van der Waals surface area contributed by atoms with Crippen LogP contribution >= 0.6 is 11.6 Å². The van der Waals surface area contributed by atoms with Gasteiger partial charge in [-0.3, -0.25) is 14.6 Å². The van der Waals surface area contributed by atoms with Gasteiger partial charge in [-0.1, -0.05) is 43.2 Å². The average molecular weight is 767 g/mol. The maximum Gasteiger partial charge on any atom is 0.267 e. The van der Waals surface area contributed by atoms with E-state index in [1.807, 2.05) is 38.3 Å². The lowest BCUT2D eigenvalue weighted by atomic mass is 9.63. The number of amides is 1. The Balaban J connectivity index is 1.26. The molecule has 5 aliphatic rings. The molecule has 0 spiro atoms. The number of piperidine rings is 1. The smallest absolute Gasteiger partial charge is 0.267 e. The summed E-state index contributed by atoms with van der Waals surface area (Å²) in [6.45, 7) is 9.13. The van der Waals surface area contributed by atoms with Crippen LogP contribution in [0.3, 0.4) is 0 Å². The Hall–Kier alpha value is -2.63. The fourth-order valence-corrected chi connectivity index (χ4v) is 11.6. The number of benzene rings is 2. The summed E-state index contributed by atoms with van der Waals surface area (Å²) in [7, 11) is -0.618. The normalized spacial score (nSPS) is 30.8. The molecule has 2 aromatic carbocycles. The predicted octanol–water partition coefficient (Wildman–Crippen LogP) is 7.17. The molecule has 1 saturated carbocycles. The van der Waals surface area contributed by atoms with E-state index >= 15 is 0 Å². The van der Waals surface area contributed by atoms with E-state index in [1.54, 1.807) is 6.07 Å². The highest BCUT2D eigenvalue weighted by Crippen LogP contribution is 2.47. The fraction of sp³-hybridized carbons (Fsp3) is 0.643. The first kappa shape index (κ1) is 38.6. The van der Waals surface area contributed by atoms with Crippen LogP contribution in [0.1, 0.15) is 92.6 Å². The minimum atomic E-state index is -3.90. The van der Waals surface area contributed by atoms with E-state index in [9.17, 15) is 13.2 Å². The Morgan fingerprint density at radius 3 is 2.58 bits per heavy atom. The van der Waals surface area contributed by atoms with Crippen molar-refractivity contribution in [2.45, 2.75) is 101 Å². The summed E-state index contributed by atoms with van der Waals surface area (Å²) in [5.41, 5.74) is 3.01. The molecule has 1 aliphatic carbocycles. The van der Waals surface area contributed by atoms with Crippen LogP contribution in [0.15, 0.2) is 48.6 Å². The van der Waals surface area contributed by atoms with E-state index in [1.165, 1.54) is 38.4 Å². The van der Waals surface area contributed by atoms with Crippen LogP contribution in [0.4, 0.5) is 5.69 Å². The first-order chi connectivity index (χ1) is 25.6. The van der Waals surface area contributed by atoms with Crippen molar-refractivity contribution < 1.29 is 22.7 Å². The van der Waals surface area contributed by atoms with Crippen molar-refractivity contribution in [3.63, 3.8) is 0 Å². The zero-order valence-electron chi connectivity index (χ0n) is 32.0. The van der Waals surface area contributed by atoms with Gasteiger partial charge in [-0.25, -0.2) is 12.7 Å². The van der Waals surface area contributed by atoms with Crippen molar-refractivity contribution in [3.8, 4) is 5.75 Å². The Morgan fingerprint density at radius 2 is 1.79 bits per heavy atom. The molecule has 3 fully saturated rings. The van der Waals surface area contributed by atoms with E-state index in [0.717, 1.165) is 92.0 Å². The number of carbonyl (C=O) groups excluding carboxylic acids is 1. The summed E-state index contributed by atoms with van der Waals surface area (Å²) >= 11 is 6.43. The molecule has 9 nitrogen and oxygen atoms in total. The molecule has 290 valence electrons. The Bertz CT molecular complexity index is 1750. The number of allylic oxidation sites excluding steroid dienone is 1. The summed E-state index contributed by atoms with van der Waals surface area (Å²) in [6, 6.07) is 12.1. The highest BCUT2D eigenvalue weighted by molar-refractivity contribution is 7.90. The van der Waals surface area contributed by atoms with Gasteiger partial charge in [0.25, 0.3) is 5.91 Å². The average Bonchev–Trinajstić information content (AvgIpc) is 3.18. The number of anilines is 1. The van der Waals surface area contributed by atoms with Gasteiger partial charge in [-0.05, 0) is 124 Å². The number of halogens is 1. The van der Waals surface area contributed by atoms with Gasteiger partial charge in [-0.2, -0.15) is 0 Å². The zero-order valence-corrected chi connectivity index (χ0v) is 33.6. The van der Waals surface area contributed by atoms with Crippen molar-refractivity contribution in [2.75, 3.05) is 64.9 Å². The van der Waals surface area contributed by atoms with Gasteiger partial charge in [-0.15, -0.1) is 0 Å². The molecule has 2 aromatic rings. The molecule has 5 atom stereocenters. The molecular weight excluding hydrogens is 708 g/mol. The van der Waals surface area contributed by atoms with Gasteiger partial charge in [0.05, 0.1) is 10.9 Å². The standard InChI is InChI=1S/C42H59ClN4O5S/c1-4-37-13-5-8-20-42(51-3,30-45-23-24-46-21-10-7-12-36(46)28-45)38-18-15-33(38)27-47-22-9-6-11-31-25-35(43)17-14-34(31)29-52-40-19-16-32(26-39(40)47)41(48)44(2)53(37,49)50/h8,14,16-17,19-20,25-26,33,36-38H,4-7,9-13,15,18,21-24,27-30H2,1-3H3/b20-8+/t33-,36+,37+,38+,42-/m0/s1. The third kappa shape index (κ3) is 8.18. The lowest BCUT2D eigenvalue weighted by molar-refractivity contribution is -0.1000. The number of piperazine rings is 1. The second kappa shape index (κ2) is 16.6. The number of sulfonamides is 1. The third-order valence-electron chi connectivity index (χ3n) is 13.1. The number of ether oxygens (including phenoxy) is 2. The van der Waals surface area contributed by atoms with Gasteiger partial charge in [0, 0.05) is 70.1 Å². The van der Waals surface area contributed by atoms with Gasteiger partial charge in [0.1, 0.15) is 18.0 Å². The summed E-state index contributed by atoms with van der Waals surface area (Å²) < 4.78 is 42.3. The molecule has 1 amide bonds. The summed E-state index contributed by atoms with van der Waals surface area (Å²) in [4.78, 5) is 21.7. The number of rotatable bonds is 4. The molecule has 0 N–H and O–H groups in total. The fourth-order valence-electron chi connectivity index (χ4n) is 9.73. The van der Waals surface area contributed by atoms with Gasteiger partial charge >= 0.3 is 0 Å². The van der Waals surface area contributed by atoms with Crippen LogP contribution in [0.25, 0.3) is 0 Å². The molecule has 11 heteroatoms. The molecule has 0 aromatic heterocycles. The number of methoxy groups -OCH3 is 1. The number of carbonyl (C=O) groups is 1. The van der Waals surface area contributed by atoms with E-state index in [0.29, 0.717) is 55.1 Å². The number of aryl methyl sites for hydroxylation is 1. The summed E-state index contributed by atoms with van der Waals surface area (Å²) in [5, 5.41) is 0.0556. The highest BCUT2D eigenvalue weighted by Gasteiger charge is 2.49. The largest absolute Gasteiger partial charge is 0.487 e. The maximum absolute atomic E-state index is 14.0. The number of fused-ring (bicyclic) bond motifs is 4. The Labute approximate surface area is 322 Å². The van der Waals surface area contributed by atoms with E-state index in [4.69, 9.17) is 21.1 Å². The molecule has 2 saturated heterocycles. The van der Waals surface area contributed by atoms with Crippen LogP contribution < -0.4 is 9.64 Å². The van der Waals surface area contributed by atoms with Crippen LogP contribution in [0.5, 0.6) is 5.75 Å². The molecular formula is C42H59ClN4O5S. The van der Waals surface area contributed by atoms with Crippen molar-refractivity contribution in [1.82, 2.24) is 14.1 Å². The van der Waals surface area contributed by atoms with Gasteiger partial charge in [0.2, 0.25) is 10.0 Å².